The Morgan fingerprint density at radius 1 is 1.08 bits per heavy atom. The number of allylic oxidation sites excluding steroid dienone is 1. The van der Waals surface area contributed by atoms with Gasteiger partial charge in [-0.1, -0.05) is 50.6 Å². The lowest BCUT2D eigenvalue weighted by Gasteiger charge is -2.48. The third-order valence-corrected chi connectivity index (χ3v) is 17.1. The summed E-state index contributed by atoms with van der Waals surface area (Å²) in [6.07, 6.45) is 11.3. The molecule has 1 aliphatic heterocycles. The summed E-state index contributed by atoms with van der Waals surface area (Å²) >= 11 is 6.37. The van der Waals surface area contributed by atoms with Gasteiger partial charge in [-0.2, -0.15) is 0 Å². The predicted molar refractivity (Wildman–Crippen MR) is 200 cm³/mol. The highest BCUT2D eigenvalue weighted by Crippen LogP contribution is 2.46. The van der Waals surface area contributed by atoms with Crippen LogP contribution < -0.4 is 14.8 Å². The summed E-state index contributed by atoms with van der Waals surface area (Å²) in [5, 5.41) is 6.19. The Balaban J connectivity index is 1.42. The number of nitrogens with zero attached hydrogens (tertiary/aromatic N) is 1. The molecule has 1 unspecified atom stereocenters. The van der Waals surface area contributed by atoms with Gasteiger partial charge in [0.15, 0.2) is 8.32 Å². The maximum absolute atomic E-state index is 12.7. The van der Waals surface area contributed by atoms with Gasteiger partial charge in [0, 0.05) is 18.1 Å². The number of ether oxygens (including phenoxy) is 2. The number of benzene rings is 2. The van der Waals surface area contributed by atoms with Crippen molar-refractivity contribution in [3.8, 4) is 5.75 Å². The molecule has 0 bridgehead atoms. The predicted octanol–water partition coefficient (Wildman–Crippen LogP) is 8.14. The normalized spacial score (nSPS) is 24.0. The molecular weight excluding hydrogens is 676 g/mol. The first kappa shape index (κ1) is 37.9. The Kier molecular flexibility index (Phi) is 12.0. The molecule has 270 valence electrons. The van der Waals surface area contributed by atoms with Crippen LogP contribution in [0.2, 0.25) is 23.2 Å². The van der Waals surface area contributed by atoms with Crippen molar-refractivity contribution >= 4 is 41.6 Å². The fraction of sp³-hybridized carbons (Fsp3) is 0.605. The second-order valence-electron chi connectivity index (χ2n) is 15.8. The van der Waals surface area contributed by atoms with Gasteiger partial charge in [0.05, 0.1) is 30.2 Å². The maximum atomic E-state index is 12.7. The van der Waals surface area contributed by atoms with Crippen molar-refractivity contribution in [3.63, 3.8) is 0 Å². The molecule has 3 aliphatic rings. The molecule has 2 saturated carbocycles. The lowest BCUT2D eigenvalue weighted by atomic mass is 9.69. The van der Waals surface area contributed by atoms with Crippen molar-refractivity contribution in [2.45, 2.75) is 96.6 Å². The zero-order valence-corrected chi connectivity index (χ0v) is 32.6. The lowest BCUT2D eigenvalue weighted by molar-refractivity contribution is 0.0524. The number of aryl methyl sites for hydroxylation is 1. The van der Waals surface area contributed by atoms with Crippen LogP contribution in [0.25, 0.3) is 0 Å². The van der Waals surface area contributed by atoms with E-state index in [1.807, 2.05) is 30.3 Å². The van der Waals surface area contributed by atoms with Crippen molar-refractivity contribution in [2.75, 3.05) is 30.9 Å². The molecule has 5 atom stereocenters. The van der Waals surface area contributed by atoms with E-state index in [9.17, 15) is 13.2 Å². The van der Waals surface area contributed by atoms with Crippen LogP contribution in [0.5, 0.6) is 5.75 Å². The Morgan fingerprint density at radius 2 is 1.84 bits per heavy atom. The summed E-state index contributed by atoms with van der Waals surface area (Å²) in [7, 11) is -4.23. The number of anilines is 1. The van der Waals surface area contributed by atoms with E-state index in [1.54, 1.807) is 6.07 Å². The van der Waals surface area contributed by atoms with E-state index < -0.39 is 18.3 Å². The Morgan fingerprint density at radius 3 is 2.47 bits per heavy atom. The number of methoxy groups -OCH3 is 1. The summed E-state index contributed by atoms with van der Waals surface area (Å²) in [4.78, 5) is 15.1. The molecule has 11 heteroatoms. The van der Waals surface area contributed by atoms with Crippen molar-refractivity contribution in [1.82, 2.24) is 0 Å². The van der Waals surface area contributed by atoms with Gasteiger partial charge in [0.1, 0.15) is 12.4 Å². The van der Waals surface area contributed by atoms with Gasteiger partial charge in [-0.25, -0.2) is 18.4 Å². The van der Waals surface area contributed by atoms with Crippen LogP contribution in [-0.2, 0) is 32.2 Å². The molecule has 49 heavy (non-hydrogen) atoms. The Bertz CT molecular complexity index is 1620. The van der Waals surface area contributed by atoms with E-state index in [4.69, 9.17) is 30.6 Å². The molecule has 2 aromatic rings. The standard InChI is InChI=1S/C38H55ClN2O6SSi/c1-38(2,3)49(5,6)47-35(18-14-26-10-11-31(26)25-48(40,43)44)33-17-13-29(33)23-41-20-8-7-9-27-21-32(39)16-12-30(27)24-46-36-19-15-28(22-34(36)41)37(42)45-4/h12,14-16,18-19,21-22,26,29,31,33,35H,7-11,13,17,20,23-25H2,1-6H3,(H2,40,43,44)/b18-14-/t26-,29-,31-,33+,35?/m0/s1. The molecule has 0 aromatic heterocycles. The summed E-state index contributed by atoms with van der Waals surface area (Å²) in [6.45, 7) is 13.4. The van der Waals surface area contributed by atoms with Crippen molar-refractivity contribution < 1.29 is 27.1 Å². The number of carbonyl (C=O) groups is 1. The molecule has 2 aliphatic carbocycles. The second kappa shape index (κ2) is 15.5. The highest BCUT2D eigenvalue weighted by atomic mass is 35.5. The third kappa shape index (κ3) is 9.50. The number of rotatable bonds is 10. The van der Waals surface area contributed by atoms with Gasteiger partial charge in [0.2, 0.25) is 10.0 Å². The molecule has 5 rings (SSSR count). The number of carbonyl (C=O) groups excluding carboxylic acids is 1. The van der Waals surface area contributed by atoms with Gasteiger partial charge >= 0.3 is 5.97 Å². The van der Waals surface area contributed by atoms with Crippen LogP contribution >= 0.6 is 11.6 Å². The summed E-state index contributed by atoms with van der Waals surface area (Å²) < 4.78 is 42.4. The molecule has 1 heterocycles. The molecular formula is C38H55ClN2O6SSi. The molecule has 8 nitrogen and oxygen atoms in total. The molecule has 0 radical (unpaired) electrons. The minimum atomic E-state index is -3.51. The fourth-order valence-corrected chi connectivity index (χ4v) is 9.60. The number of halogens is 1. The smallest absolute Gasteiger partial charge is 0.337 e. The number of esters is 1. The van der Waals surface area contributed by atoms with Gasteiger partial charge in [-0.3, -0.25) is 0 Å². The minimum Gasteiger partial charge on any atom is -0.487 e. The summed E-state index contributed by atoms with van der Waals surface area (Å²) in [5.74, 6) is 1.36. The summed E-state index contributed by atoms with van der Waals surface area (Å²) in [6, 6.07) is 11.6. The molecule has 2 aromatic carbocycles. The lowest BCUT2D eigenvalue weighted by Crippen LogP contribution is -2.50. The van der Waals surface area contributed by atoms with E-state index in [0.717, 1.165) is 80.1 Å². The second-order valence-corrected chi connectivity index (χ2v) is 22.7. The monoisotopic (exact) mass is 730 g/mol. The number of sulfonamides is 1. The Labute approximate surface area is 299 Å². The topological polar surface area (TPSA) is 108 Å². The molecule has 0 spiro atoms. The van der Waals surface area contributed by atoms with E-state index in [0.29, 0.717) is 24.0 Å². The molecule has 0 amide bonds. The van der Waals surface area contributed by atoms with Crippen LogP contribution in [-0.4, -0.2) is 54.8 Å². The number of fused-ring (bicyclic) bond motifs is 2. The van der Waals surface area contributed by atoms with Crippen LogP contribution in [0.1, 0.15) is 80.8 Å². The Hall–Kier alpha value is -2.37. The highest BCUT2D eigenvalue weighted by Gasteiger charge is 2.44. The third-order valence-electron chi connectivity index (χ3n) is 11.5. The van der Waals surface area contributed by atoms with E-state index in [-0.39, 0.29) is 34.7 Å². The van der Waals surface area contributed by atoms with Crippen LogP contribution in [0.15, 0.2) is 48.6 Å². The highest BCUT2D eigenvalue weighted by molar-refractivity contribution is 7.89. The maximum Gasteiger partial charge on any atom is 0.337 e. The van der Waals surface area contributed by atoms with Crippen molar-refractivity contribution in [1.29, 1.82) is 0 Å². The zero-order chi connectivity index (χ0) is 35.6. The largest absolute Gasteiger partial charge is 0.487 e. The van der Waals surface area contributed by atoms with Crippen LogP contribution in [0, 0.1) is 23.7 Å². The van der Waals surface area contributed by atoms with E-state index >= 15 is 0 Å². The van der Waals surface area contributed by atoms with Crippen molar-refractivity contribution in [2.24, 2.45) is 28.8 Å². The average Bonchev–Trinajstić information content (AvgIpc) is 3.03. The number of hydrogen-bond acceptors (Lipinski definition) is 7. The van der Waals surface area contributed by atoms with Gasteiger partial charge < -0.3 is 18.8 Å². The van der Waals surface area contributed by atoms with Gasteiger partial charge in [-0.05, 0) is 128 Å². The average molecular weight is 731 g/mol. The number of primary sulfonamides is 1. The first-order valence-electron chi connectivity index (χ1n) is 17.8. The molecule has 0 saturated heterocycles. The first-order chi connectivity index (χ1) is 23.0. The van der Waals surface area contributed by atoms with Gasteiger partial charge in [0.25, 0.3) is 0 Å². The van der Waals surface area contributed by atoms with Gasteiger partial charge in [-0.15, -0.1) is 0 Å². The fourth-order valence-electron chi connectivity index (χ4n) is 7.11. The SMILES string of the molecule is COC(=O)c1ccc2c(c1)N(C[C@@H]1CC[C@H]1C(/C=C\[C@@H]1CC[C@H]1CS(N)(=O)=O)O[Si](C)(C)C(C)(C)C)CCCCc1cc(Cl)ccc1CO2. The van der Waals surface area contributed by atoms with Crippen molar-refractivity contribution in [3.05, 3.63) is 70.3 Å². The molecule has 2 N–H and O–H groups in total. The van der Waals surface area contributed by atoms with Crippen LogP contribution in [0.3, 0.4) is 0 Å². The number of nitrogens with two attached hydrogens (primary N) is 1. The minimum absolute atomic E-state index is 0.0317. The quantitative estimate of drug-likeness (QED) is 0.149. The van der Waals surface area contributed by atoms with Crippen LogP contribution in [0.4, 0.5) is 5.69 Å². The summed E-state index contributed by atoms with van der Waals surface area (Å²) in [5.41, 5.74) is 3.74. The zero-order valence-electron chi connectivity index (χ0n) is 30.0. The number of hydrogen-bond donors (Lipinski definition) is 1. The van der Waals surface area contributed by atoms with E-state index in [1.165, 1.54) is 12.7 Å². The molecule has 2 fully saturated rings. The van der Waals surface area contributed by atoms with E-state index in [2.05, 4.69) is 50.9 Å². The first-order valence-corrected chi connectivity index (χ1v) is 22.8.